The Balaban J connectivity index is 1.60. The van der Waals surface area contributed by atoms with Gasteiger partial charge in [0, 0.05) is 31.4 Å². The van der Waals surface area contributed by atoms with Gasteiger partial charge in [0.1, 0.15) is 5.82 Å². The molecule has 5 heteroatoms. The number of pyridine rings is 1. The van der Waals surface area contributed by atoms with E-state index in [1.165, 1.54) is 5.56 Å². The van der Waals surface area contributed by atoms with Gasteiger partial charge in [0.05, 0.1) is 12.2 Å². The second-order valence-corrected chi connectivity index (χ2v) is 6.74. The van der Waals surface area contributed by atoms with Crippen molar-refractivity contribution in [3.05, 3.63) is 59.3 Å². The lowest BCUT2D eigenvalue weighted by Gasteiger charge is -2.35. The fraction of sp³-hybridized carbons (Fsp3) is 0.400. The summed E-state index contributed by atoms with van der Waals surface area (Å²) in [6.07, 6.45) is 1.96. The molecule has 1 aliphatic rings. The molecular weight excluding hydrogens is 314 g/mol. The second kappa shape index (κ2) is 7.66. The smallest absolute Gasteiger partial charge is 0.254 e. The molecule has 0 aliphatic carbocycles. The maximum absolute atomic E-state index is 12.7. The Labute approximate surface area is 149 Å². The third-order valence-electron chi connectivity index (χ3n) is 4.30. The van der Waals surface area contributed by atoms with Crippen LogP contribution in [-0.2, 0) is 11.3 Å². The highest BCUT2D eigenvalue weighted by Gasteiger charge is 2.26. The van der Waals surface area contributed by atoms with E-state index in [1.54, 1.807) is 6.20 Å². The van der Waals surface area contributed by atoms with Crippen LogP contribution in [0.15, 0.2) is 42.6 Å². The van der Waals surface area contributed by atoms with E-state index in [0.29, 0.717) is 19.6 Å². The molecule has 0 radical (unpaired) electrons. The molecule has 5 nitrogen and oxygen atoms in total. The monoisotopic (exact) mass is 339 g/mol. The van der Waals surface area contributed by atoms with Gasteiger partial charge in [-0.15, -0.1) is 0 Å². The average Bonchev–Trinajstić information content (AvgIpc) is 2.59. The highest BCUT2D eigenvalue weighted by Crippen LogP contribution is 2.15. The number of rotatable bonds is 4. The van der Waals surface area contributed by atoms with E-state index in [0.717, 1.165) is 16.9 Å². The van der Waals surface area contributed by atoms with E-state index in [1.807, 2.05) is 62.1 Å². The van der Waals surface area contributed by atoms with Crippen LogP contribution in [0.1, 0.15) is 35.3 Å². The molecule has 0 bridgehead atoms. The molecule has 2 heterocycles. The zero-order valence-corrected chi connectivity index (χ0v) is 15.0. The van der Waals surface area contributed by atoms with E-state index in [2.05, 4.69) is 10.3 Å². The van der Waals surface area contributed by atoms with Gasteiger partial charge in [0.2, 0.25) is 0 Å². The lowest BCUT2D eigenvalue weighted by Crippen LogP contribution is -2.48. The van der Waals surface area contributed by atoms with Gasteiger partial charge in [-0.3, -0.25) is 4.79 Å². The molecule has 0 unspecified atom stereocenters. The number of benzene rings is 1. The first-order valence-electron chi connectivity index (χ1n) is 8.71. The van der Waals surface area contributed by atoms with E-state index in [9.17, 15) is 4.79 Å². The van der Waals surface area contributed by atoms with Crippen molar-refractivity contribution in [1.82, 2.24) is 9.88 Å². The van der Waals surface area contributed by atoms with Crippen LogP contribution in [0.4, 0.5) is 5.82 Å². The Morgan fingerprint density at radius 2 is 1.88 bits per heavy atom. The van der Waals surface area contributed by atoms with Crippen LogP contribution >= 0.6 is 0 Å². The van der Waals surface area contributed by atoms with Gasteiger partial charge in [-0.1, -0.05) is 12.1 Å². The van der Waals surface area contributed by atoms with Gasteiger partial charge in [0.15, 0.2) is 0 Å². The number of anilines is 1. The van der Waals surface area contributed by atoms with Crippen LogP contribution in [0, 0.1) is 6.92 Å². The van der Waals surface area contributed by atoms with Gasteiger partial charge >= 0.3 is 0 Å². The summed E-state index contributed by atoms with van der Waals surface area (Å²) >= 11 is 0. The van der Waals surface area contributed by atoms with Crippen LogP contribution in [0.3, 0.4) is 0 Å². The van der Waals surface area contributed by atoms with E-state index >= 15 is 0 Å². The number of hydrogen-bond acceptors (Lipinski definition) is 4. The van der Waals surface area contributed by atoms with Gasteiger partial charge in [-0.2, -0.15) is 0 Å². The standard InChI is InChI=1S/C20H25N3O2/c1-14-8-9-21-19(10-14)22-11-17-4-6-18(7-5-17)20(24)23-12-15(2)25-16(3)13-23/h4-10,15-16H,11-13H2,1-3H3,(H,21,22)/t15-,16+. The van der Waals surface area contributed by atoms with Crippen LogP contribution in [-0.4, -0.2) is 41.1 Å². The lowest BCUT2D eigenvalue weighted by molar-refractivity contribution is -0.0586. The third kappa shape index (κ3) is 4.57. The lowest BCUT2D eigenvalue weighted by atomic mass is 10.1. The van der Waals surface area contributed by atoms with Crippen molar-refractivity contribution >= 4 is 11.7 Å². The Hall–Kier alpha value is -2.40. The Morgan fingerprint density at radius 3 is 2.52 bits per heavy atom. The molecule has 2 atom stereocenters. The van der Waals surface area contributed by atoms with E-state index in [-0.39, 0.29) is 18.1 Å². The molecule has 1 aliphatic heterocycles. The number of carbonyl (C=O) groups excluding carboxylic acids is 1. The first-order valence-corrected chi connectivity index (χ1v) is 8.71. The van der Waals surface area contributed by atoms with Gasteiger partial charge in [-0.25, -0.2) is 4.98 Å². The normalized spacial score (nSPS) is 20.4. The molecule has 2 aromatic rings. The van der Waals surface area contributed by atoms with Gasteiger partial charge in [0.25, 0.3) is 5.91 Å². The summed E-state index contributed by atoms with van der Waals surface area (Å²) in [6.45, 7) is 8.02. The van der Waals surface area contributed by atoms with Crippen molar-refractivity contribution in [2.24, 2.45) is 0 Å². The number of morpholine rings is 1. The van der Waals surface area contributed by atoms with Crippen molar-refractivity contribution in [1.29, 1.82) is 0 Å². The van der Waals surface area contributed by atoms with Crippen LogP contribution in [0.2, 0.25) is 0 Å². The number of nitrogens with zero attached hydrogens (tertiary/aromatic N) is 2. The summed E-state index contributed by atoms with van der Waals surface area (Å²) in [5.74, 6) is 0.929. The number of nitrogens with one attached hydrogen (secondary N) is 1. The van der Waals surface area contributed by atoms with Crippen molar-refractivity contribution in [3.63, 3.8) is 0 Å². The summed E-state index contributed by atoms with van der Waals surface area (Å²) in [5.41, 5.74) is 3.01. The molecule has 132 valence electrons. The molecule has 1 aromatic carbocycles. The predicted molar refractivity (Wildman–Crippen MR) is 98.7 cm³/mol. The quantitative estimate of drug-likeness (QED) is 0.929. The number of carbonyl (C=O) groups is 1. The molecule has 0 saturated carbocycles. The number of aromatic nitrogens is 1. The molecule has 1 aromatic heterocycles. The maximum Gasteiger partial charge on any atom is 0.254 e. The Bertz CT molecular complexity index is 720. The summed E-state index contributed by atoms with van der Waals surface area (Å²) < 4.78 is 5.70. The predicted octanol–water partition coefficient (Wildman–Crippen LogP) is 3.25. The number of aryl methyl sites for hydroxylation is 1. The number of amides is 1. The number of hydrogen-bond donors (Lipinski definition) is 1. The highest BCUT2D eigenvalue weighted by atomic mass is 16.5. The molecule has 1 amide bonds. The largest absolute Gasteiger partial charge is 0.372 e. The van der Waals surface area contributed by atoms with Crippen molar-refractivity contribution < 1.29 is 9.53 Å². The zero-order valence-electron chi connectivity index (χ0n) is 15.0. The summed E-state index contributed by atoms with van der Waals surface area (Å²) in [4.78, 5) is 18.8. The topological polar surface area (TPSA) is 54.5 Å². The fourth-order valence-electron chi connectivity index (χ4n) is 3.12. The van der Waals surface area contributed by atoms with E-state index in [4.69, 9.17) is 4.74 Å². The molecule has 0 spiro atoms. The maximum atomic E-state index is 12.7. The first kappa shape index (κ1) is 17.4. The average molecular weight is 339 g/mol. The van der Waals surface area contributed by atoms with E-state index < -0.39 is 0 Å². The van der Waals surface area contributed by atoms with Gasteiger partial charge < -0.3 is 15.0 Å². The van der Waals surface area contributed by atoms with Crippen LogP contribution < -0.4 is 5.32 Å². The molecule has 3 rings (SSSR count). The minimum absolute atomic E-state index is 0.0712. The number of ether oxygens (including phenoxy) is 1. The molecule has 1 N–H and O–H groups in total. The minimum atomic E-state index is 0.0712. The van der Waals surface area contributed by atoms with Crippen molar-refractivity contribution in [2.45, 2.75) is 39.5 Å². The molecule has 1 saturated heterocycles. The zero-order chi connectivity index (χ0) is 17.8. The molecular formula is C20H25N3O2. The Kier molecular flexibility index (Phi) is 5.34. The Morgan fingerprint density at radius 1 is 1.20 bits per heavy atom. The SMILES string of the molecule is Cc1ccnc(NCc2ccc(C(=O)N3C[C@@H](C)O[C@@H](C)C3)cc2)c1. The molecule has 25 heavy (non-hydrogen) atoms. The minimum Gasteiger partial charge on any atom is -0.372 e. The van der Waals surface area contributed by atoms with Gasteiger partial charge in [-0.05, 0) is 56.2 Å². The van der Waals surface area contributed by atoms with Crippen molar-refractivity contribution in [3.8, 4) is 0 Å². The summed E-state index contributed by atoms with van der Waals surface area (Å²) in [5, 5.41) is 3.30. The van der Waals surface area contributed by atoms with Crippen LogP contribution in [0.25, 0.3) is 0 Å². The third-order valence-corrected chi connectivity index (χ3v) is 4.30. The summed E-state index contributed by atoms with van der Waals surface area (Å²) in [6, 6.07) is 11.8. The van der Waals surface area contributed by atoms with Crippen molar-refractivity contribution in [2.75, 3.05) is 18.4 Å². The first-order chi connectivity index (χ1) is 12.0. The fourth-order valence-corrected chi connectivity index (χ4v) is 3.12. The second-order valence-electron chi connectivity index (χ2n) is 6.74. The molecule has 1 fully saturated rings. The summed E-state index contributed by atoms with van der Waals surface area (Å²) in [7, 11) is 0. The van der Waals surface area contributed by atoms with Crippen LogP contribution in [0.5, 0.6) is 0 Å². The highest BCUT2D eigenvalue weighted by molar-refractivity contribution is 5.94.